The topological polar surface area (TPSA) is 89.3 Å². The van der Waals surface area contributed by atoms with Gasteiger partial charge in [0.25, 0.3) is 5.91 Å². The lowest BCUT2D eigenvalue weighted by Gasteiger charge is -2.34. The zero-order valence-corrected chi connectivity index (χ0v) is 19.9. The van der Waals surface area contributed by atoms with Crippen LogP contribution in [0.1, 0.15) is 27.5 Å². The molecule has 1 saturated heterocycles. The molecule has 9 nitrogen and oxygen atoms in total. The average molecular weight is 479 g/mol. The van der Waals surface area contributed by atoms with Gasteiger partial charge in [-0.05, 0) is 35.7 Å². The highest BCUT2D eigenvalue weighted by atomic mass is 16.7. The smallest absolute Gasteiger partial charge is 0.273 e. The third-order valence-electron chi connectivity index (χ3n) is 6.32. The molecule has 0 spiro atoms. The van der Waals surface area contributed by atoms with Crippen molar-refractivity contribution in [3.63, 3.8) is 0 Å². The van der Waals surface area contributed by atoms with Gasteiger partial charge < -0.3 is 23.9 Å². The Balaban J connectivity index is 1.05. The first-order chi connectivity index (χ1) is 17.2. The van der Waals surface area contributed by atoms with Crippen LogP contribution in [0, 0.1) is 0 Å². The number of ether oxygens (including phenoxy) is 3. The number of nitrogens with one attached hydrogen (secondary N) is 1. The monoisotopic (exact) mass is 478 g/mol. The van der Waals surface area contributed by atoms with Crippen molar-refractivity contribution in [2.75, 3.05) is 46.6 Å². The van der Waals surface area contributed by atoms with Crippen molar-refractivity contribution < 1.29 is 23.4 Å². The fourth-order valence-corrected chi connectivity index (χ4v) is 4.39. The van der Waals surface area contributed by atoms with Gasteiger partial charge in [0.1, 0.15) is 12.0 Å². The van der Waals surface area contributed by atoms with Gasteiger partial charge in [0.05, 0.1) is 13.7 Å². The van der Waals surface area contributed by atoms with Crippen molar-refractivity contribution in [3.05, 3.63) is 71.4 Å². The van der Waals surface area contributed by atoms with Crippen LogP contribution in [-0.4, -0.2) is 67.3 Å². The second kappa shape index (κ2) is 10.8. The minimum Gasteiger partial charge on any atom is -0.496 e. The number of nitrogens with zero attached hydrogens (tertiary/aromatic N) is 3. The number of piperazine rings is 1. The summed E-state index contributed by atoms with van der Waals surface area (Å²) in [6, 6.07) is 13.9. The number of rotatable bonds is 9. The molecular weight excluding hydrogens is 448 g/mol. The number of benzene rings is 2. The largest absolute Gasteiger partial charge is 0.496 e. The Hall–Kier alpha value is -3.56. The molecule has 5 rings (SSSR count). The van der Waals surface area contributed by atoms with Crippen LogP contribution in [-0.2, 0) is 19.5 Å². The van der Waals surface area contributed by atoms with E-state index in [2.05, 4.69) is 32.2 Å². The number of amides is 1. The van der Waals surface area contributed by atoms with Gasteiger partial charge in [-0.15, -0.1) is 0 Å². The molecule has 1 amide bonds. The third kappa shape index (κ3) is 5.75. The molecule has 2 aliphatic rings. The molecule has 1 N–H and O–H groups in total. The molecule has 1 aromatic heterocycles. The molecule has 184 valence electrons. The van der Waals surface area contributed by atoms with E-state index in [1.807, 2.05) is 30.3 Å². The first-order valence-electron chi connectivity index (χ1n) is 11.9. The maximum atomic E-state index is 12.5. The molecule has 3 heterocycles. The van der Waals surface area contributed by atoms with Crippen LogP contribution in [0.15, 0.2) is 53.1 Å². The van der Waals surface area contributed by atoms with Gasteiger partial charge in [0, 0.05) is 39.3 Å². The molecule has 0 unspecified atom stereocenters. The van der Waals surface area contributed by atoms with E-state index in [9.17, 15) is 4.79 Å². The van der Waals surface area contributed by atoms with Crippen LogP contribution in [0.5, 0.6) is 17.2 Å². The lowest BCUT2D eigenvalue weighted by atomic mass is 10.1. The predicted molar refractivity (Wildman–Crippen MR) is 129 cm³/mol. The fourth-order valence-electron chi connectivity index (χ4n) is 4.39. The fraction of sp³-hybridized carbons (Fsp3) is 0.385. The van der Waals surface area contributed by atoms with Crippen LogP contribution in [0.2, 0.25) is 0 Å². The number of hydrogen-bond donors (Lipinski definition) is 1. The Bertz CT molecular complexity index is 1160. The van der Waals surface area contributed by atoms with Crippen LogP contribution < -0.4 is 19.5 Å². The summed E-state index contributed by atoms with van der Waals surface area (Å²) in [4.78, 5) is 21.6. The molecule has 1 fully saturated rings. The molecule has 2 aromatic carbocycles. The molecule has 9 heteroatoms. The lowest BCUT2D eigenvalue weighted by molar-refractivity contribution is 0.0948. The number of para-hydroxylation sites is 1. The van der Waals surface area contributed by atoms with Crippen molar-refractivity contribution in [2.24, 2.45) is 0 Å². The van der Waals surface area contributed by atoms with Crippen LogP contribution >= 0.6 is 0 Å². The Kier molecular flexibility index (Phi) is 7.15. The summed E-state index contributed by atoms with van der Waals surface area (Å²) in [5.74, 6) is 2.78. The number of oxazole rings is 1. The van der Waals surface area contributed by atoms with E-state index in [0.29, 0.717) is 37.9 Å². The predicted octanol–water partition coefficient (Wildman–Crippen LogP) is 2.70. The molecule has 0 bridgehead atoms. The minimum absolute atomic E-state index is 0.233. The number of carbonyl (C=O) groups excluding carboxylic acids is 1. The molecule has 35 heavy (non-hydrogen) atoms. The summed E-state index contributed by atoms with van der Waals surface area (Å²) in [5.41, 5.74) is 2.58. The van der Waals surface area contributed by atoms with E-state index in [4.69, 9.17) is 18.6 Å². The second-order valence-corrected chi connectivity index (χ2v) is 8.68. The Morgan fingerprint density at radius 1 is 1.03 bits per heavy atom. The maximum absolute atomic E-state index is 12.5. The van der Waals surface area contributed by atoms with Gasteiger partial charge in [-0.1, -0.05) is 24.3 Å². The van der Waals surface area contributed by atoms with E-state index in [0.717, 1.165) is 55.5 Å². The van der Waals surface area contributed by atoms with Gasteiger partial charge in [-0.2, -0.15) is 0 Å². The quantitative estimate of drug-likeness (QED) is 0.502. The van der Waals surface area contributed by atoms with E-state index in [1.165, 1.54) is 11.8 Å². The number of aromatic nitrogens is 1. The van der Waals surface area contributed by atoms with Gasteiger partial charge >= 0.3 is 0 Å². The van der Waals surface area contributed by atoms with Gasteiger partial charge in [-0.3, -0.25) is 14.6 Å². The highest BCUT2D eigenvalue weighted by molar-refractivity contribution is 5.91. The van der Waals surface area contributed by atoms with E-state index < -0.39 is 0 Å². The van der Waals surface area contributed by atoms with Gasteiger partial charge in [0.15, 0.2) is 17.2 Å². The zero-order chi connectivity index (χ0) is 24.0. The van der Waals surface area contributed by atoms with Gasteiger partial charge in [0.2, 0.25) is 12.7 Å². The highest BCUT2D eigenvalue weighted by Gasteiger charge is 2.21. The van der Waals surface area contributed by atoms with Crippen LogP contribution in [0.4, 0.5) is 0 Å². The summed E-state index contributed by atoms with van der Waals surface area (Å²) in [7, 11) is 1.65. The Morgan fingerprint density at radius 3 is 2.63 bits per heavy atom. The van der Waals surface area contributed by atoms with Crippen LogP contribution in [0.25, 0.3) is 0 Å². The molecule has 0 aliphatic carbocycles. The average Bonchev–Trinajstić information content (AvgIpc) is 3.55. The third-order valence-corrected chi connectivity index (χ3v) is 6.32. The zero-order valence-electron chi connectivity index (χ0n) is 19.9. The standard InChI is InChI=1S/C26H30N4O5/c1-32-22-5-3-2-4-20(22)8-9-27-26(31)21-17-33-25(28-21)16-30-12-10-29(11-13-30)15-19-6-7-23-24(14-19)35-18-34-23/h2-7,14,17H,8-13,15-16,18H2,1H3,(H,27,31). The molecule has 0 atom stereocenters. The van der Waals surface area contributed by atoms with Crippen molar-refractivity contribution in [3.8, 4) is 17.2 Å². The summed E-state index contributed by atoms with van der Waals surface area (Å²) in [6.07, 6.45) is 2.11. The van der Waals surface area contributed by atoms with Crippen LogP contribution in [0.3, 0.4) is 0 Å². The first kappa shape index (κ1) is 23.2. The molecule has 0 radical (unpaired) electrons. The van der Waals surface area contributed by atoms with E-state index >= 15 is 0 Å². The number of methoxy groups -OCH3 is 1. The normalized spacial score (nSPS) is 15.8. The van der Waals surface area contributed by atoms with E-state index in [1.54, 1.807) is 7.11 Å². The van der Waals surface area contributed by atoms with Gasteiger partial charge in [-0.25, -0.2) is 4.98 Å². The summed E-state index contributed by atoms with van der Waals surface area (Å²) in [5, 5.41) is 2.91. The van der Waals surface area contributed by atoms with Crippen molar-refractivity contribution in [1.29, 1.82) is 0 Å². The molecule has 0 saturated carbocycles. The molecule has 3 aromatic rings. The second-order valence-electron chi connectivity index (χ2n) is 8.68. The van der Waals surface area contributed by atoms with Crippen molar-refractivity contribution in [2.45, 2.75) is 19.5 Å². The van der Waals surface area contributed by atoms with Crippen molar-refractivity contribution >= 4 is 5.91 Å². The van der Waals surface area contributed by atoms with Crippen molar-refractivity contribution in [1.82, 2.24) is 20.1 Å². The molecular formula is C26H30N4O5. The molecule has 2 aliphatic heterocycles. The Labute approximate surface area is 204 Å². The SMILES string of the molecule is COc1ccccc1CCNC(=O)c1coc(CN2CCN(Cc3ccc4c(c3)OCO4)CC2)n1. The maximum Gasteiger partial charge on any atom is 0.273 e. The summed E-state index contributed by atoms with van der Waals surface area (Å²) < 4.78 is 21.8. The highest BCUT2D eigenvalue weighted by Crippen LogP contribution is 2.32. The van der Waals surface area contributed by atoms with E-state index in [-0.39, 0.29) is 5.91 Å². The number of hydrogen-bond acceptors (Lipinski definition) is 8. The first-order valence-corrected chi connectivity index (χ1v) is 11.9. The lowest BCUT2D eigenvalue weighted by Crippen LogP contribution is -2.45. The summed E-state index contributed by atoms with van der Waals surface area (Å²) >= 11 is 0. The Morgan fingerprint density at radius 2 is 1.80 bits per heavy atom. The minimum atomic E-state index is -0.233. The number of carbonyl (C=O) groups is 1. The summed E-state index contributed by atoms with van der Waals surface area (Å²) in [6.45, 7) is 5.98. The number of fused-ring (bicyclic) bond motifs is 1.